The molecule has 0 fully saturated rings. The molecule has 3 aromatic rings. The fraction of sp³-hybridized carbons (Fsp3) is 0.278. The summed E-state index contributed by atoms with van der Waals surface area (Å²) in [6.07, 6.45) is 1.64. The van der Waals surface area contributed by atoms with Gasteiger partial charge in [-0.25, -0.2) is 0 Å². The number of aromatic nitrogens is 3. The van der Waals surface area contributed by atoms with Crippen molar-refractivity contribution in [3.05, 3.63) is 54.5 Å². The largest absolute Gasteiger partial charge is 0.467 e. The molecule has 0 unspecified atom stereocenters. The van der Waals surface area contributed by atoms with Crippen molar-refractivity contribution in [2.24, 2.45) is 0 Å². The van der Waals surface area contributed by atoms with Crippen LogP contribution in [0.25, 0.3) is 11.4 Å². The van der Waals surface area contributed by atoms with Gasteiger partial charge in [0.15, 0.2) is 11.0 Å². The van der Waals surface area contributed by atoms with Crippen LogP contribution in [0.2, 0.25) is 0 Å². The second-order valence-electron chi connectivity index (χ2n) is 5.49. The molecule has 0 aliphatic heterocycles. The third-order valence-electron chi connectivity index (χ3n) is 3.65. The maximum absolute atomic E-state index is 12.0. The standard InChI is InChI=1S/C18H20N4O2S/c1-3-19-17(23)13(2)25-18-21-20-16(14-8-5-4-6-9-14)22(18)12-15-10-7-11-24-15/h4-11,13H,3,12H2,1-2H3,(H,19,23)/t13-/m0/s1. The SMILES string of the molecule is CCNC(=O)[C@H](C)Sc1nnc(-c2ccccc2)n1Cc1ccco1. The van der Waals surface area contributed by atoms with Gasteiger partial charge in [-0.05, 0) is 26.0 Å². The van der Waals surface area contributed by atoms with E-state index in [4.69, 9.17) is 4.42 Å². The van der Waals surface area contributed by atoms with E-state index in [1.165, 1.54) is 11.8 Å². The maximum atomic E-state index is 12.0. The molecule has 1 N–H and O–H groups in total. The van der Waals surface area contributed by atoms with Gasteiger partial charge in [0.05, 0.1) is 18.1 Å². The van der Waals surface area contributed by atoms with Crippen LogP contribution in [0.15, 0.2) is 58.3 Å². The third kappa shape index (κ3) is 4.11. The van der Waals surface area contributed by atoms with Gasteiger partial charge in [-0.15, -0.1) is 10.2 Å². The molecule has 2 heterocycles. The fourth-order valence-corrected chi connectivity index (χ4v) is 3.28. The van der Waals surface area contributed by atoms with Gasteiger partial charge in [0.2, 0.25) is 5.91 Å². The summed E-state index contributed by atoms with van der Waals surface area (Å²) in [5.41, 5.74) is 0.971. The average molecular weight is 356 g/mol. The Kier molecular flexibility index (Phi) is 5.55. The van der Waals surface area contributed by atoms with E-state index in [0.717, 1.165) is 17.1 Å². The predicted octanol–water partition coefficient (Wildman–Crippen LogP) is 3.20. The van der Waals surface area contributed by atoms with Gasteiger partial charge in [0.1, 0.15) is 5.76 Å². The summed E-state index contributed by atoms with van der Waals surface area (Å²) in [5, 5.41) is 11.9. The van der Waals surface area contributed by atoms with Gasteiger partial charge < -0.3 is 9.73 Å². The third-order valence-corrected chi connectivity index (χ3v) is 4.73. The van der Waals surface area contributed by atoms with E-state index in [2.05, 4.69) is 15.5 Å². The lowest BCUT2D eigenvalue weighted by molar-refractivity contribution is -0.120. The molecule has 1 aromatic carbocycles. The molecule has 25 heavy (non-hydrogen) atoms. The van der Waals surface area contributed by atoms with E-state index in [-0.39, 0.29) is 11.2 Å². The summed E-state index contributed by atoms with van der Waals surface area (Å²) in [6.45, 7) is 4.89. The predicted molar refractivity (Wildman–Crippen MR) is 97.3 cm³/mol. The molecule has 1 amide bonds. The highest BCUT2D eigenvalue weighted by Gasteiger charge is 2.21. The molecule has 2 aromatic heterocycles. The van der Waals surface area contributed by atoms with Crippen molar-refractivity contribution in [3.63, 3.8) is 0 Å². The van der Waals surface area contributed by atoms with Crippen LogP contribution in [-0.2, 0) is 11.3 Å². The number of nitrogens with one attached hydrogen (secondary N) is 1. The Hall–Kier alpha value is -2.54. The lowest BCUT2D eigenvalue weighted by Gasteiger charge is -2.12. The minimum absolute atomic E-state index is 0.0127. The van der Waals surface area contributed by atoms with Crippen molar-refractivity contribution in [2.75, 3.05) is 6.54 Å². The van der Waals surface area contributed by atoms with Gasteiger partial charge >= 0.3 is 0 Å². The van der Waals surface area contributed by atoms with Gasteiger partial charge in [0.25, 0.3) is 0 Å². The second kappa shape index (κ2) is 8.02. The smallest absolute Gasteiger partial charge is 0.233 e. The Balaban J connectivity index is 1.92. The number of hydrogen-bond donors (Lipinski definition) is 1. The van der Waals surface area contributed by atoms with Crippen LogP contribution in [0.5, 0.6) is 0 Å². The van der Waals surface area contributed by atoms with Gasteiger partial charge in [0, 0.05) is 12.1 Å². The molecule has 0 spiro atoms. The minimum Gasteiger partial charge on any atom is -0.467 e. The van der Waals surface area contributed by atoms with E-state index >= 15 is 0 Å². The lowest BCUT2D eigenvalue weighted by Crippen LogP contribution is -2.30. The van der Waals surface area contributed by atoms with Crippen LogP contribution in [-0.4, -0.2) is 32.5 Å². The molecule has 0 radical (unpaired) electrons. The van der Waals surface area contributed by atoms with E-state index < -0.39 is 0 Å². The Morgan fingerprint density at radius 2 is 2.04 bits per heavy atom. The monoisotopic (exact) mass is 356 g/mol. The molecular formula is C18H20N4O2S. The first-order valence-electron chi connectivity index (χ1n) is 8.14. The van der Waals surface area contributed by atoms with E-state index in [9.17, 15) is 4.79 Å². The van der Waals surface area contributed by atoms with Crippen molar-refractivity contribution >= 4 is 17.7 Å². The molecule has 7 heteroatoms. The molecular weight excluding hydrogens is 336 g/mol. The molecule has 6 nitrogen and oxygen atoms in total. The van der Waals surface area contributed by atoms with Crippen LogP contribution in [0.4, 0.5) is 0 Å². The zero-order valence-corrected chi connectivity index (χ0v) is 15.0. The first kappa shape index (κ1) is 17.3. The number of rotatable bonds is 7. The van der Waals surface area contributed by atoms with Crippen molar-refractivity contribution in [1.82, 2.24) is 20.1 Å². The van der Waals surface area contributed by atoms with Crippen molar-refractivity contribution < 1.29 is 9.21 Å². The summed E-state index contributed by atoms with van der Waals surface area (Å²) >= 11 is 1.39. The number of thioether (sulfide) groups is 1. The number of carbonyl (C=O) groups is 1. The molecule has 3 rings (SSSR count). The summed E-state index contributed by atoms with van der Waals surface area (Å²) in [6, 6.07) is 13.6. The van der Waals surface area contributed by atoms with Crippen LogP contribution >= 0.6 is 11.8 Å². The number of nitrogens with zero attached hydrogens (tertiary/aromatic N) is 3. The van der Waals surface area contributed by atoms with E-state index in [1.807, 2.05) is 60.9 Å². The molecule has 0 aliphatic carbocycles. The summed E-state index contributed by atoms with van der Waals surface area (Å²) < 4.78 is 7.46. The highest BCUT2D eigenvalue weighted by atomic mass is 32.2. The zero-order valence-electron chi connectivity index (χ0n) is 14.2. The molecule has 0 saturated heterocycles. The zero-order chi connectivity index (χ0) is 17.6. The normalized spacial score (nSPS) is 12.1. The number of furan rings is 1. The number of carbonyl (C=O) groups excluding carboxylic acids is 1. The van der Waals surface area contributed by atoms with Crippen LogP contribution in [0, 0.1) is 0 Å². The quantitative estimate of drug-likeness (QED) is 0.658. The van der Waals surface area contributed by atoms with Crippen molar-refractivity contribution in [1.29, 1.82) is 0 Å². The van der Waals surface area contributed by atoms with Crippen LogP contribution in [0.3, 0.4) is 0 Å². The average Bonchev–Trinajstić information content (AvgIpc) is 3.27. The first-order chi connectivity index (χ1) is 12.2. The summed E-state index contributed by atoms with van der Waals surface area (Å²) in [5.74, 6) is 1.55. The van der Waals surface area contributed by atoms with E-state index in [0.29, 0.717) is 18.2 Å². The van der Waals surface area contributed by atoms with Crippen molar-refractivity contribution in [2.45, 2.75) is 30.8 Å². The fourth-order valence-electron chi connectivity index (χ4n) is 2.41. The highest BCUT2D eigenvalue weighted by Crippen LogP contribution is 2.27. The number of benzene rings is 1. The topological polar surface area (TPSA) is 73.0 Å². The van der Waals surface area contributed by atoms with Gasteiger partial charge in [-0.3, -0.25) is 9.36 Å². The number of hydrogen-bond acceptors (Lipinski definition) is 5. The Labute approximate surface area is 150 Å². The van der Waals surface area contributed by atoms with Crippen molar-refractivity contribution in [3.8, 4) is 11.4 Å². The minimum atomic E-state index is -0.261. The van der Waals surface area contributed by atoms with E-state index in [1.54, 1.807) is 6.26 Å². The molecule has 130 valence electrons. The Morgan fingerprint density at radius 3 is 2.72 bits per heavy atom. The first-order valence-corrected chi connectivity index (χ1v) is 9.02. The van der Waals surface area contributed by atoms with Crippen LogP contribution in [0.1, 0.15) is 19.6 Å². The maximum Gasteiger partial charge on any atom is 0.233 e. The summed E-state index contributed by atoms with van der Waals surface area (Å²) in [7, 11) is 0. The second-order valence-corrected chi connectivity index (χ2v) is 6.80. The summed E-state index contributed by atoms with van der Waals surface area (Å²) in [4.78, 5) is 12.0. The molecule has 1 atom stereocenters. The molecule has 0 aliphatic rings. The highest BCUT2D eigenvalue weighted by molar-refractivity contribution is 8.00. The lowest BCUT2D eigenvalue weighted by atomic mass is 10.2. The van der Waals surface area contributed by atoms with Gasteiger partial charge in [-0.2, -0.15) is 0 Å². The molecule has 0 saturated carbocycles. The molecule has 0 bridgehead atoms. The van der Waals surface area contributed by atoms with Crippen LogP contribution < -0.4 is 5.32 Å². The Morgan fingerprint density at radius 1 is 1.24 bits per heavy atom. The van der Waals surface area contributed by atoms with Gasteiger partial charge in [-0.1, -0.05) is 42.1 Å². The number of amides is 1. The Bertz CT molecular complexity index is 815.